The van der Waals surface area contributed by atoms with Gasteiger partial charge in [-0.3, -0.25) is 5.10 Å². The number of aromatic amines is 1. The summed E-state index contributed by atoms with van der Waals surface area (Å²) in [5.74, 6) is 0.795. The van der Waals surface area contributed by atoms with Gasteiger partial charge in [0.1, 0.15) is 10.9 Å². The highest BCUT2D eigenvalue weighted by atomic mass is 35.5. The van der Waals surface area contributed by atoms with E-state index < -0.39 is 0 Å². The molecule has 0 spiro atoms. The Morgan fingerprint density at radius 3 is 2.93 bits per heavy atom. The molecule has 0 aliphatic carbocycles. The van der Waals surface area contributed by atoms with Gasteiger partial charge < -0.3 is 4.42 Å². The average Bonchev–Trinajstić information content (AvgIpc) is 2.88. The maximum absolute atomic E-state index is 6.03. The molecule has 3 nitrogen and oxygen atoms in total. The van der Waals surface area contributed by atoms with Crippen LogP contribution in [0.5, 0.6) is 0 Å². The van der Waals surface area contributed by atoms with Crippen molar-refractivity contribution >= 4 is 22.5 Å². The minimum Gasteiger partial charge on any atom is -0.464 e. The number of rotatable bonds is 1. The molecule has 0 saturated carbocycles. The van der Waals surface area contributed by atoms with Crippen molar-refractivity contribution in [3.63, 3.8) is 0 Å². The van der Waals surface area contributed by atoms with Crippen molar-refractivity contribution in [1.29, 1.82) is 0 Å². The summed E-state index contributed by atoms with van der Waals surface area (Å²) >= 11 is 6.03. The number of nitrogens with zero attached hydrogens (tertiary/aromatic N) is 1. The van der Waals surface area contributed by atoms with E-state index >= 15 is 0 Å². The summed E-state index contributed by atoms with van der Waals surface area (Å²) in [6.07, 6.45) is 1.64. The fourth-order valence-electron chi connectivity index (χ4n) is 1.67. The Hall–Kier alpha value is -1.74. The predicted octanol–water partition coefficient (Wildman–Crippen LogP) is 3.48. The molecule has 4 heteroatoms. The first kappa shape index (κ1) is 8.56. The monoisotopic (exact) mass is 218 g/mol. The zero-order valence-corrected chi connectivity index (χ0v) is 8.45. The minimum absolute atomic E-state index is 0.539. The van der Waals surface area contributed by atoms with Gasteiger partial charge in [0.15, 0.2) is 0 Å². The lowest BCUT2D eigenvalue weighted by Gasteiger charge is -1.98. The van der Waals surface area contributed by atoms with Crippen molar-refractivity contribution in [3.8, 4) is 11.3 Å². The van der Waals surface area contributed by atoms with Gasteiger partial charge in [-0.25, -0.2) is 0 Å². The van der Waals surface area contributed by atoms with Crippen molar-refractivity contribution in [2.45, 2.75) is 0 Å². The molecule has 0 aliphatic heterocycles. The van der Waals surface area contributed by atoms with E-state index in [0.717, 1.165) is 22.2 Å². The quantitative estimate of drug-likeness (QED) is 0.680. The third-order valence-corrected chi connectivity index (χ3v) is 2.60. The number of furan rings is 1. The van der Waals surface area contributed by atoms with E-state index in [4.69, 9.17) is 16.0 Å². The molecule has 15 heavy (non-hydrogen) atoms. The van der Waals surface area contributed by atoms with E-state index in [1.165, 1.54) is 0 Å². The van der Waals surface area contributed by atoms with Crippen molar-refractivity contribution in [2.75, 3.05) is 0 Å². The Morgan fingerprint density at radius 1 is 1.20 bits per heavy atom. The summed E-state index contributed by atoms with van der Waals surface area (Å²) in [4.78, 5) is 0. The second-order valence-electron chi connectivity index (χ2n) is 3.21. The van der Waals surface area contributed by atoms with Crippen LogP contribution in [0.3, 0.4) is 0 Å². The van der Waals surface area contributed by atoms with Gasteiger partial charge in [0.2, 0.25) is 0 Å². The van der Waals surface area contributed by atoms with Gasteiger partial charge in [0.25, 0.3) is 0 Å². The molecule has 0 bridgehead atoms. The first-order valence-corrected chi connectivity index (χ1v) is 4.90. The topological polar surface area (TPSA) is 41.8 Å². The molecular weight excluding hydrogens is 212 g/mol. The molecular formula is C11H7ClN2O. The Balaban J connectivity index is 2.39. The van der Waals surface area contributed by atoms with Crippen LogP contribution in [0.2, 0.25) is 5.15 Å². The van der Waals surface area contributed by atoms with Crippen LogP contribution in [0.15, 0.2) is 41.0 Å². The molecule has 0 unspecified atom stereocenters. The maximum Gasteiger partial charge on any atom is 0.134 e. The number of H-pyrrole nitrogens is 1. The lowest BCUT2D eigenvalue weighted by molar-refractivity contribution is 0.583. The van der Waals surface area contributed by atoms with E-state index in [9.17, 15) is 0 Å². The Bertz CT molecular complexity index is 598. The van der Waals surface area contributed by atoms with Crippen LogP contribution >= 0.6 is 11.6 Å². The lowest BCUT2D eigenvalue weighted by Crippen LogP contribution is -1.75. The average molecular weight is 219 g/mol. The minimum atomic E-state index is 0.539. The third-order valence-electron chi connectivity index (χ3n) is 2.32. The molecule has 1 aromatic carbocycles. The second-order valence-corrected chi connectivity index (χ2v) is 3.59. The zero-order valence-electron chi connectivity index (χ0n) is 7.70. The smallest absolute Gasteiger partial charge is 0.134 e. The van der Waals surface area contributed by atoms with E-state index in [2.05, 4.69) is 10.2 Å². The number of fused-ring (bicyclic) bond motifs is 1. The van der Waals surface area contributed by atoms with Crippen molar-refractivity contribution < 1.29 is 4.42 Å². The fourth-order valence-corrected chi connectivity index (χ4v) is 1.91. The molecule has 2 aromatic heterocycles. The molecule has 0 aliphatic rings. The van der Waals surface area contributed by atoms with Gasteiger partial charge in [-0.05, 0) is 18.2 Å². The number of halogens is 1. The summed E-state index contributed by atoms with van der Waals surface area (Å²) in [6, 6.07) is 9.55. The molecule has 0 radical (unpaired) electrons. The Morgan fingerprint density at radius 2 is 2.13 bits per heavy atom. The summed E-state index contributed by atoms with van der Waals surface area (Å²) in [6.45, 7) is 0. The molecule has 74 valence electrons. The third kappa shape index (κ3) is 1.24. The standard InChI is InChI=1S/C11H7ClN2O/c12-11-10-7(9-5-2-6-15-9)3-1-4-8(10)13-14-11/h1-6H,(H,13,14). The van der Waals surface area contributed by atoms with E-state index in [1.54, 1.807) is 6.26 Å². The molecule has 0 fully saturated rings. The summed E-state index contributed by atoms with van der Waals surface area (Å²) in [7, 11) is 0. The maximum atomic E-state index is 6.03. The molecule has 1 N–H and O–H groups in total. The van der Waals surface area contributed by atoms with Crippen LogP contribution < -0.4 is 0 Å². The van der Waals surface area contributed by atoms with Crippen LogP contribution in [-0.2, 0) is 0 Å². The highest BCUT2D eigenvalue weighted by molar-refractivity contribution is 6.35. The zero-order chi connectivity index (χ0) is 10.3. The molecule has 0 amide bonds. The highest BCUT2D eigenvalue weighted by Crippen LogP contribution is 2.32. The summed E-state index contributed by atoms with van der Waals surface area (Å²) < 4.78 is 5.35. The number of nitrogens with one attached hydrogen (secondary N) is 1. The van der Waals surface area contributed by atoms with E-state index in [0.29, 0.717) is 5.15 Å². The number of hydrogen-bond donors (Lipinski definition) is 1. The van der Waals surface area contributed by atoms with Gasteiger partial charge in [-0.15, -0.1) is 0 Å². The summed E-state index contributed by atoms with van der Waals surface area (Å²) in [5, 5.41) is 8.28. The SMILES string of the molecule is Clc1[nH]nc2cccc(-c3ccco3)c12. The van der Waals surface area contributed by atoms with Gasteiger partial charge in [-0.1, -0.05) is 23.7 Å². The van der Waals surface area contributed by atoms with Crippen LogP contribution in [0, 0.1) is 0 Å². The highest BCUT2D eigenvalue weighted by Gasteiger charge is 2.11. The number of hydrogen-bond acceptors (Lipinski definition) is 2. The van der Waals surface area contributed by atoms with Crippen molar-refractivity contribution in [1.82, 2.24) is 10.2 Å². The molecule has 0 atom stereocenters. The normalized spacial score (nSPS) is 11.0. The van der Waals surface area contributed by atoms with E-state index in [1.807, 2.05) is 30.3 Å². The first-order chi connectivity index (χ1) is 7.36. The Kier molecular flexibility index (Phi) is 1.79. The van der Waals surface area contributed by atoms with Gasteiger partial charge in [-0.2, -0.15) is 5.10 Å². The van der Waals surface area contributed by atoms with Crippen molar-refractivity contribution in [2.24, 2.45) is 0 Å². The van der Waals surface area contributed by atoms with Gasteiger partial charge >= 0.3 is 0 Å². The first-order valence-electron chi connectivity index (χ1n) is 4.53. The number of benzene rings is 1. The van der Waals surface area contributed by atoms with Gasteiger partial charge in [0, 0.05) is 10.9 Å². The number of aromatic nitrogens is 2. The van der Waals surface area contributed by atoms with Crippen LogP contribution in [-0.4, -0.2) is 10.2 Å². The van der Waals surface area contributed by atoms with Crippen LogP contribution in [0.4, 0.5) is 0 Å². The molecule has 2 heterocycles. The van der Waals surface area contributed by atoms with Crippen molar-refractivity contribution in [3.05, 3.63) is 41.7 Å². The summed E-state index contributed by atoms with van der Waals surface area (Å²) in [5.41, 5.74) is 1.80. The fraction of sp³-hybridized carbons (Fsp3) is 0. The molecule has 3 rings (SSSR count). The largest absolute Gasteiger partial charge is 0.464 e. The molecule has 0 saturated heterocycles. The van der Waals surface area contributed by atoms with Gasteiger partial charge in [0.05, 0.1) is 11.8 Å². The van der Waals surface area contributed by atoms with Crippen LogP contribution in [0.1, 0.15) is 0 Å². The van der Waals surface area contributed by atoms with Crippen LogP contribution in [0.25, 0.3) is 22.2 Å². The van der Waals surface area contributed by atoms with E-state index in [-0.39, 0.29) is 0 Å². The lowest BCUT2D eigenvalue weighted by atomic mass is 10.1. The second kappa shape index (κ2) is 3.14. The molecule has 3 aromatic rings. The Labute approximate surface area is 90.7 Å². The predicted molar refractivity (Wildman–Crippen MR) is 58.8 cm³/mol.